The Morgan fingerprint density at radius 2 is 2.20 bits per heavy atom. The first kappa shape index (κ1) is 15.8. The molecule has 1 aliphatic rings. The molecule has 114 valence electrons. The van der Waals surface area contributed by atoms with E-state index in [4.69, 9.17) is 16.3 Å². The second kappa shape index (κ2) is 5.66. The summed E-state index contributed by atoms with van der Waals surface area (Å²) in [5, 5.41) is 16.0. The number of methoxy groups -OCH3 is 1. The molecule has 0 aliphatic heterocycles. The summed E-state index contributed by atoms with van der Waals surface area (Å²) < 4.78 is 6.90. The predicted molar refractivity (Wildman–Crippen MR) is 79.8 cm³/mol. The molecule has 1 saturated carbocycles. The van der Waals surface area contributed by atoms with Gasteiger partial charge in [0.15, 0.2) is 0 Å². The molecule has 0 spiro atoms. The zero-order valence-electron chi connectivity index (χ0n) is 12.8. The first-order chi connectivity index (χ1) is 9.30. The molecule has 4 nitrogen and oxygen atoms in total. The van der Waals surface area contributed by atoms with E-state index in [1.54, 1.807) is 18.0 Å². The van der Waals surface area contributed by atoms with E-state index in [-0.39, 0.29) is 11.3 Å². The fraction of sp³-hybridized carbons (Fsp3) is 0.800. The fourth-order valence-corrected chi connectivity index (χ4v) is 3.67. The Labute approximate surface area is 126 Å². The largest absolute Gasteiger partial charge is 0.383 e. The van der Waals surface area contributed by atoms with E-state index in [1.165, 1.54) is 0 Å². The van der Waals surface area contributed by atoms with Crippen LogP contribution in [0.15, 0.2) is 6.20 Å². The van der Waals surface area contributed by atoms with Gasteiger partial charge in [-0.25, -0.2) is 0 Å². The molecule has 2 unspecified atom stereocenters. The molecule has 0 aromatic carbocycles. The lowest BCUT2D eigenvalue weighted by atomic mass is 9.64. The van der Waals surface area contributed by atoms with Crippen molar-refractivity contribution in [2.24, 2.45) is 11.3 Å². The van der Waals surface area contributed by atoms with E-state index < -0.39 is 5.60 Å². The average Bonchev–Trinajstić information content (AvgIpc) is 2.73. The molecule has 1 aromatic heterocycles. The number of nitrogens with zero attached hydrogens (tertiary/aromatic N) is 2. The van der Waals surface area contributed by atoms with Crippen molar-refractivity contribution in [1.29, 1.82) is 0 Å². The van der Waals surface area contributed by atoms with Crippen LogP contribution in [0, 0.1) is 11.3 Å². The number of rotatable bonds is 4. The molecular weight excluding hydrogens is 276 g/mol. The van der Waals surface area contributed by atoms with Crippen LogP contribution in [0.3, 0.4) is 0 Å². The quantitative estimate of drug-likeness (QED) is 0.929. The lowest BCUT2D eigenvalue weighted by molar-refractivity contribution is -0.0832. The number of hydrogen-bond donors (Lipinski definition) is 1. The smallest absolute Gasteiger partial charge is 0.110 e. The van der Waals surface area contributed by atoms with Gasteiger partial charge in [0.1, 0.15) is 5.60 Å². The van der Waals surface area contributed by atoms with E-state index >= 15 is 0 Å². The van der Waals surface area contributed by atoms with E-state index in [9.17, 15) is 5.11 Å². The van der Waals surface area contributed by atoms with Gasteiger partial charge in [0.2, 0.25) is 0 Å². The summed E-state index contributed by atoms with van der Waals surface area (Å²) >= 11 is 6.30. The van der Waals surface area contributed by atoms with Gasteiger partial charge in [-0.15, -0.1) is 0 Å². The summed E-state index contributed by atoms with van der Waals surface area (Å²) in [5.74, 6) is 0.154. The number of aromatic nitrogens is 2. The van der Waals surface area contributed by atoms with Crippen LogP contribution in [0.1, 0.15) is 45.7 Å². The number of halogens is 1. The van der Waals surface area contributed by atoms with E-state index in [0.29, 0.717) is 18.2 Å². The third-order valence-corrected chi connectivity index (χ3v) is 4.85. The highest BCUT2D eigenvalue weighted by Crippen LogP contribution is 2.49. The van der Waals surface area contributed by atoms with E-state index in [2.05, 4.69) is 25.9 Å². The molecule has 2 rings (SSSR count). The zero-order valence-corrected chi connectivity index (χ0v) is 13.6. The molecule has 1 aliphatic carbocycles. The Kier molecular flexibility index (Phi) is 4.47. The van der Waals surface area contributed by atoms with Crippen LogP contribution in [-0.2, 0) is 16.9 Å². The maximum atomic E-state index is 11.2. The highest BCUT2D eigenvalue weighted by Gasteiger charge is 2.46. The number of hydrogen-bond acceptors (Lipinski definition) is 3. The predicted octanol–water partition coefficient (Wildman–Crippen LogP) is 3.22. The normalized spacial score (nSPS) is 29.6. The van der Waals surface area contributed by atoms with Gasteiger partial charge in [0.05, 0.1) is 30.1 Å². The summed E-state index contributed by atoms with van der Waals surface area (Å²) in [5.41, 5.74) is 0.131. The lowest BCUT2D eigenvalue weighted by Crippen LogP contribution is -2.43. The van der Waals surface area contributed by atoms with Crippen molar-refractivity contribution in [2.75, 3.05) is 13.7 Å². The summed E-state index contributed by atoms with van der Waals surface area (Å²) in [4.78, 5) is 0. The van der Waals surface area contributed by atoms with Gasteiger partial charge in [-0.1, -0.05) is 32.4 Å². The van der Waals surface area contributed by atoms with Crippen molar-refractivity contribution in [3.05, 3.63) is 16.9 Å². The van der Waals surface area contributed by atoms with Crippen molar-refractivity contribution in [2.45, 2.75) is 52.2 Å². The Balaban J connectivity index is 2.32. The van der Waals surface area contributed by atoms with Gasteiger partial charge in [0, 0.05) is 7.11 Å². The van der Waals surface area contributed by atoms with Crippen LogP contribution in [-0.4, -0.2) is 28.6 Å². The molecule has 1 aromatic rings. The van der Waals surface area contributed by atoms with Crippen molar-refractivity contribution >= 4 is 11.6 Å². The van der Waals surface area contributed by atoms with Gasteiger partial charge in [-0.05, 0) is 30.6 Å². The van der Waals surface area contributed by atoms with Crippen molar-refractivity contribution < 1.29 is 9.84 Å². The minimum absolute atomic E-state index is 0.154. The average molecular weight is 301 g/mol. The second-order valence-electron chi connectivity index (χ2n) is 6.75. The van der Waals surface area contributed by atoms with Crippen molar-refractivity contribution in [1.82, 2.24) is 9.78 Å². The first-order valence-corrected chi connectivity index (χ1v) is 7.61. The zero-order chi connectivity index (χ0) is 15.0. The molecule has 1 heterocycles. The summed E-state index contributed by atoms with van der Waals surface area (Å²) in [6, 6.07) is 0. The van der Waals surface area contributed by atoms with Crippen molar-refractivity contribution in [3.63, 3.8) is 0 Å². The Morgan fingerprint density at radius 1 is 1.50 bits per heavy atom. The number of aliphatic hydroxyl groups is 1. The topological polar surface area (TPSA) is 47.3 Å². The monoisotopic (exact) mass is 300 g/mol. The summed E-state index contributed by atoms with van der Waals surface area (Å²) in [6.45, 7) is 7.78. The molecule has 1 fully saturated rings. The third-order valence-electron chi connectivity index (χ3n) is 4.57. The molecule has 0 saturated heterocycles. The molecule has 1 N–H and O–H groups in total. The highest BCUT2D eigenvalue weighted by atomic mass is 35.5. The minimum atomic E-state index is -0.892. The maximum absolute atomic E-state index is 11.2. The fourth-order valence-electron chi connectivity index (χ4n) is 3.37. The molecule has 0 bridgehead atoms. The summed E-state index contributed by atoms with van der Waals surface area (Å²) in [6.07, 6.45) is 4.31. The van der Waals surface area contributed by atoms with Gasteiger partial charge in [-0.2, -0.15) is 5.10 Å². The molecule has 0 radical (unpaired) electrons. The SMILES string of the molecule is COCCn1ncc(Cl)c1C1(O)CCC(C)(C)CC1C. The van der Waals surface area contributed by atoms with Crippen LogP contribution in [0.4, 0.5) is 0 Å². The third kappa shape index (κ3) is 2.87. The van der Waals surface area contributed by atoms with Gasteiger partial charge < -0.3 is 9.84 Å². The molecular formula is C15H25ClN2O2. The Hall–Kier alpha value is -0.580. The van der Waals surface area contributed by atoms with Crippen LogP contribution >= 0.6 is 11.6 Å². The van der Waals surface area contributed by atoms with Gasteiger partial charge in [-0.3, -0.25) is 4.68 Å². The number of ether oxygens (including phenoxy) is 1. The van der Waals surface area contributed by atoms with Gasteiger partial charge in [0.25, 0.3) is 0 Å². The van der Waals surface area contributed by atoms with E-state index in [0.717, 1.165) is 25.0 Å². The Morgan fingerprint density at radius 3 is 2.80 bits per heavy atom. The van der Waals surface area contributed by atoms with Crippen LogP contribution in [0.2, 0.25) is 5.02 Å². The van der Waals surface area contributed by atoms with Crippen LogP contribution in [0.25, 0.3) is 0 Å². The molecule has 2 atom stereocenters. The minimum Gasteiger partial charge on any atom is -0.383 e. The molecule has 5 heteroatoms. The van der Waals surface area contributed by atoms with Crippen LogP contribution < -0.4 is 0 Å². The second-order valence-corrected chi connectivity index (χ2v) is 7.16. The standard InChI is InChI=1S/C15H25ClN2O2/c1-11-9-14(2,3)5-6-15(11,19)13-12(16)10-17-18(13)7-8-20-4/h10-11,19H,5-9H2,1-4H3. The van der Waals surface area contributed by atoms with E-state index in [1.807, 2.05) is 0 Å². The van der Waals surface area contributed by atoms with Crippen molar-refractivity contribution in [3.8, 4) is 0 Å². The molecule has 20 heavy (non-hydrogen) atoms. The Bertz CT molecular complexity index is 472. The van der Waals surface area contributed by atoms with Crippen LogP contribution in [0.5, 0.6) is 0 Å². The maximum Gasteiger partial charge on any atom is 0.110 e. The molecule has 0 amide bonds. The van der Waals surface area contributed by atoms with Gasteiger partial charge >= 0.3 is 0 Å². The first-order valence-electron chi connectivity index (χ1n) is 7.23. The lowest BCUT2D eigenvalue weighted by Gasteiger charge is -2.45. The highest BCUT2D eigenvalue weighted by molar-refractivity contribution is 6.31. The summed E-state index contributed by atoms with van der Waals surface area (Å²) in [7, 11) is 1.66.